The Bertz CT molecular complexity index is 1290. The summed E-state index contributed by atoms with van der Waals surface area (Å²) in [7, 11) is 3.22. The van der Waals surface area contributed by atoms with Crippen LogP contribution in [0.3, 0.4) is 0 Å². The second-order valence-corrected chi connectivity index (χ2v) is 9.16. The van der Waals surface area contributed by atoms with Crippen molar-refractivity contribution in [2.45, 2.75) is 12.6 Å². The van der Waals surface area contributed by atoms with Crippen molar-refractivity contribution in [1.82, 2.24) is 24.8 Å². The van der Waals surface area contributed by atoms with E-state index in [1.807, 2.05) is 12.1 Å². The van der Waals surface area contributed by atoms with Crippen molar-refractivity contribution in [2.75, 3.05) is 51.4 Å². The molecule has 5 rings (SSSR count). The van der Waals surface area contributed by atoms with Crippen LogP contribution in [0.1, 0.15) is 23.0 Å². The normalized spacial score (nSPS) is 14.4. The van der Waals surface area contributed by atoms with Crippen molar-refractivity contribution < 1.29 is 9.47 Å². The highest BCUT2D eigenvalue weighted by Crippen LogP contribution is 2.31. The van der Waals surface area contributed by atoms with Gasteiger partial charge in [-0.05, 0) is 23.3 Å². The smallest absolute Gasteiger partial charge is 0.232 e. The van der Waals surface area contributed by atoms with Gasteiger partial charge in [0.15, 0.2) is 0 Å². The van der Waals surface area contributed by atoms with Gasteiger partial charge in [0, 0.05) is 32.2 Å². The molecule has 0 spiro atoms. The lowest BCUT2D eigenvalue weighted by Crippen LogP contribution is -2.47. The minimum Gasteiger partial charge on any atom is -0.497 e. The molecule has 3 aromatic carbocycles. The van der Waals surface area contributed by atoms with Crippen molar-refractivity contribution in [1.29, 1.82) is 0 Å². The third-order valence-corrected chi connectivity index (χ3v) is 6.72. The molecule has 1 saturated heterocycles. The van der Waals surface area contributed by atoms with Crippen LogP contribution in [0.4, 0.5) is 17.6 Å². The van der Waals surface area contributed by atoms with E-state index in [1.54, 1.807) is 20.3 Å². The first-order valence-corrected chi connectivity index (χ1v) is 12.7. The number of methoxy groups -OCH3 is 2. The van der Waals surface area contributed by atoms with Gasteiger partial charge in [0.2, 0.25) is 11.9 Å². The topological polar surface area (TPSA) is 102 Å². The average Bonchev–Trinajstić information content (AvgIpc) is 2.95. The second kappa shape index (κ2) is 11.9. The lowest BCUT2D eigenvalue weighted by atomic mass is 9.96. The number of nitrogen functional groups attached to an aromatic ring is 1. The summed E-state index contributed by atoms with van der Waals surface area (Å²) in [4.78, 5) is 18.2. The van der Waals surface area contributed by atoms with Crippen molar-refractivity contribution >= 4 is 17.6 Å². The van der Waals surface area contributed by atoms with Gasteiger partial charge in [0.25, 0.3) is 0 Å². The van der Waals surface area contributed by atoms with E-state index in [0.29, 0.717) is 35.5 Å². The van der Waals surface area contributed by atoms with Gasteiger partial charge >= 0.3 is 0 Å². The highest BCUT2D eigenvalue weighted by Gasteiger charge is 2.26. The van der Waals surface area contributed by atoms with Gasteiger partial charge in [-0.3, -0.25) is 9.80 Å². The molecule has 3 N–H and O–H groups in total. The Hall–Kier alpha value is -4.21. The van der Waals surface area contributed by atoms with Gasteiger partial charge in [-0.25, -0.2) is 0 Å². The molecular formula is C29H33N7O2. The minimum atomic E-state index is 0.178. The third-order valence-electron chi connectivity index (χ3n) is 6.72. The highest BCUT2D eigenvalue weighted by molar-refractivity contribution is 5.64. The van der Waals surface area contributed by atoms with E-state index in [9.17, 15) is 0 Å². The molecule has 0 bridgehead atoms. The van der Waals surface area contributed by atoms with Crippen LogP contribution in [0.15, 0.2) is 78.9 Å². The fourth-order valence-electron chi connectivity index (χ4n) is 4.85. The molecule has 0 radical (unpaired) electrons. The lowest BCUT2D eigenvalue weighted by Gasteiger charge is -2.39. The summed E-state index contributed by atoms with van der Waals surface area (Å²) in [5.41, 5.74) is 9.37. The molecule has 0 saturated carbocycles. The summed E-state index contributed by atoms with van der Waals surface area (Å²) in [6, 6.07) is 27.1. The van der Waals surface area contributed by atoms with Gasteiger partial charge in [-0.2, -0.15) is 15.0 Å². The molecule has 2 heterocycles. The minimum absolute atomic E-state index is 0.178. The van der Waals surface area contributed by atoms with Crippen LogP contribution in [0.5, 0.6) is 11.5 Å². The molecule has 0 amide bonds. The van der Waals surface area contributed by atoms with Crippen molar-refractivity contribution in [3.8, 4) is 11.5 Å². The van der Waals surface area contributed by atoms with Crippen LogP contribution >= 0.6 is 0 Å². The first kappa shape index (κ1) is 25.4. The predicted molar refractivity (Wildman–Crippen MR) is 149 cm³/mol. The van der Waals surface area contributed by atoms with E-state index in [2.05, 4.69) is 90.7 Å². The summed E-state index contributed by atoms with van der Waals surface area (Å²) >= 11 is 0. The van der Waals surface area contributed by atoms with Gasteiger partial charge in [-0.15, -0.1) is 0 Å². The maximum absolute atomic E-state index is 6.04. The number of hydrogen-bond donors (Lipinski definition) is 2. The number of nitrogens with zero attached hydrogens (tertiary/aromatic N) is 5. The van der Waals surface area contributed by atoms with E-state index in [4.69, 9.17) is 15.2 Å². The first-order valence-electron chi connectivity index (χ1n) is 12.7. The Morgan fingerprint density at radius 1 is 0.816 bits per heavy atom. The summed E-state index contributed by atoms with van der Waals surface area (Å²) in [5.74, 6) is 2.50. The molecule has 4 aromatic rings. The standard InChI is InChI=1S/C29H33N7O2/c1-37-23-13-14-24(25(19-23)38-2)31-29-33-26(32-28(30)34-29)20-35-15-17-36(18-16-35)27(21-9-5-3-6-10-21)22-11-7-4-8-12-22/h3-14,19,27H,15-18,20H2,1-2H3,(H3,30,31,32,33,34). The number of ether oxygens (including phenoxy) is 2. The van der Waals surface area contributed by atoms with E-state index in [0.717, 1.165) is 26.2 Å². The Labute approximate surface area is 223 Å². The number of benzene rings is 3. The average molecular weight is 512 g/mol. The maximum atomic E-state index is 6.04. The summed E-state index contributed by atoms with van der Waals surface area (Å²) < 4.78 is 10.8. The van der Waals surface area contributed by atoms with Crippen LogP contribution in [-0.4, -0.2) is 65.2 Å². The molecule has 0 aliphatic carbocycles. The van der Waals surface area contributed by atoms with Crippen LogP contribution in [-0.2, 0) is 6.54 Å². The molecule has 1 aromatic heterocycles. The van der Waals surface area contributed by atoms with Crippen molar-refractivity contribution in [3.63, 3.8) is 0 Å². The molecule has 38 heavy (non-hydrogen) atoms. The van der Waals surface area contributed by atoms with E-state index < -0.39 is 0 Å². The number of nitrogens with one attached hydrogen (secondary N) is 1. The van der Waals surface area contributed by atoms with Crippen molar-refractivity contribution in [3.05, 3.63) is 95.8 Å². The fourth-order valence-corrected chi connectivity index (χ4v) is 4.85. The number of rotatable bonds is 9. The summed E-state index contributed by atoms with van der Waals surface area (Å²) in [6.45, 7) is 4.26. The summed E-state index contributed by atoms with van der Waals surface area (Å²) in [5, 5.41) is 3.20. The van der Waals surface area contributed by atoms with Crippen molar-refractivity contribution in [2.24, 2.45) is 0 Å². The van der Waals surface area contributed by atoms with Crippen LogP contribution < -0.4 is 20.5 Å². The Morgan fingerprint density at radius 3 is 2.08 bits per heavy atom. The predicted octanol–water partition coefficient (Wildman–Crippen LogP) is 4.12. The second-order valence-electron chi connectivity index (χ2n) is 9.16. The number of anilines is 3. The van der Waals surface area contributed by atoms with Gasteiger partial charge in [0.1, 0.15) is 17.3 Å². The fraction of sp³-hybridized carbons (Fsp3) is 0.276. The quantitative estimate of drug-likeness (QED) is 0.344. The highest BCUT2D eigenvalue weighted by atomic mass is 16.5. The molecule has 1 aliphatic rings. The zero-order valence-corrected chi connectivity index (χ0v) is 21.7. The molecule has 1 aliphatic heterocycles. The molecular weight excluding hydrogens is 478 g/mol. The van der Waals surface area contributed by atoms with E-state index >= 15 is 0 Å². The molecule has 196 valence electrons. The third kappa shape index (κ3) is 6.01. The SMILES string of the molecule is COc1ccc(Nc2nc(N)nc(CN3CCN(C(c4ccccc4)c4ccccc4)CC3)n2)c(OC)c1. The largest absolute Gasteiger partial charge is 0.497 e. The Balaban J connectivity index is 1.26. The molecule has 0 atom stereocenters. The van der Waals surface area contributed by atoms with Crippen LogP contribution in [0.2, 0.25) is 0 Å². The van der Waals surface area contributed by atoms with Crippen LogP contribution in [0, 0.1) is 0 Å². The number of piperazine rings is 1. The summed E-state index contributed by atoms with van der Waals surface area (Å²) in [6.07, 6.45) is 0. The van der Waals surface area contributed by atoms with Crippen LogP contribution in [0.25, 0.3) is 0 Å². The lowest BCUT2D eigenvalue weighted by molar-refractivity contribution is 0.103. The van der Waals surface area contributed by atoms with E-state index in [1.165, 1.54) is 11.1 Å². The van der Waals surface area contributed by atoms with E-state index in [-0.39, 0.29) is 12.0 Å². The molecule has 1 fully saturated rings. The zero-order chi connectivity index (χ0) is 26.3. The zero-order valence-electron chi connectivity index (χ0n) is 21.7. The van der Waals surface area contributed by atoms with Gasteiger partial charge in [-0.1, -0.05) is 60.7 Å². The monoisotopic (exact) mass is 511 g/mol. The Kier molecular flexibility index (Phi) is 7.96. The maximum Gasteiger partial charge on any atom is 0.232 e. The number of nitrogens with two attached hydrogens (primary N) is 1. The van der Waals surface area contributed by atoms with Gasteiger partial charge < -0.3 is 20.5 Å². The number of hydrogen-bond acceptors (Lipinski definition) is 9. The molecule has 9 nitrogen and oxygen atoms in total. The van der Waals surface area contributed by atoms with Gasteiger partial charge in [0.05, 0.1) is 32.5 Å². The molecule has 0 unspecified atom stereocenters. The first-order chi connectivity index (χ1) is 18.6. The molecule has 9 heteroatoms. The number of aromatic nitrogens is 3. The Morgan fingerprint density at radius 2 is 1.47 bits per heavy atom.